The Bertz CT molecular complexity index is 931. The number of carbonyl (C=O) groups excluding carboxylic acids is 1. The van der Waals surface area contributed by atoms with Crippen molar-refractivity contribution in [2.75, 3.05) is 11.1 Å². The van der Waals surface area contributed by atoms with Crippen LogP contribution < -0.4 is 5.32 Å². The number of nitrogens with zero attached hydrogens (tertiary/aromatic N) is 1. The maximum atomic E-state index is 12.4. The number of thioether (sulfide) groups is 1. The molecule has 3 rings (SSSR count). The number of hydrogen-bond acceptors (Lipinski definition) is 3. The van der Waals surface area contributed by atoms with Crippen molar-refractivity contribution in [2.45, 2.75) is 17.7 Å². The molecular weight excluding hydrogens is 352 g/mol. The molecule has 0 atom stereocenters. The van der Waals surface area contributed by atoms with Crippen LogP contribution in [-0.2, 0) is 11.2 Å². The molecule has 1 amide bonds. The van der Waals surface area contributed by atoms with E-state index in [1.165, 1.54) is 0 Å². The summed E-state index contributed by atoms with van der Waals surface area (Å²) in [5.41, 5.74) is 4.07. The summed E-state index contributed by atoms with van der Waals surface area (Å²) in [5.74, 6) is 0.667. The first kappa shape index (κ1) is 18.8. The van der Waals surface area contributed by atoms with E-state index in [9.17, 15) is 4.79 Å². The van der Waals surface area contributed by atoms with Gasteiger partial charge in [0.1, 0.15) is 0 Å². The summed E-state index contributed by atoms with van der Waals surface area (Å²) in [6.07, 6.45) is 0.812. The minimum Gasteiger partial charge on any atom is -0.325 e. The van der Waals surface area contributed by atoms with E-state index in [1.54, 1.807) is 11.8 Å². The SMILES string of the molecule is N#CCCSc1ccccc1NC(=O)Cc1ccc(-c2ccccc2)cc1. The van der Waals surface area contributed by atoms with Gasteiger partial charge < -0.3 is 5.32 Å². The quantitative estimate of drug-likeness (QED) is 0.437. The smallest absolute Gasteiger partial charge is 0.228 e. The Kier molecular flexibility index (Phi) is 6.67. The summed E-state index contributed by atoms with van der Waals surface area (Å²) < 4.78 is 0. The number of rotatable bonds is 7. The first-order chi connectivity index (χ1) is 13.3. The average Bonchev–Trinajstić information content (AvgIpc) is 2.71. The van der Waals surface area contributed by atoms with Crippen molar-refractivity contribution in [1.29, 1.82) is 5.26 Å². The Balaban J connectivity index is 1.62. The molecule has 0 heterocycles. The predicted molar refractivity (Wildman–Crippen MR) is 112 cm³/mol. The van der Waals surface area contributed by atoms with Crippen molar-refractivity contribution in [1.82, 2.24) is 0 Å². The van der Waals surface area contributed by atoms with E-state index in [0.29, 0.717) is 18.6 Å². The van der Waals surface area contributed by atoms with E-state index >= 15 is 0 Å². The highest BCUT2D eigenvalue weighted by Gasteiger charge is 2.08. The van der Waals surface area contributed by atoms with Crippen LogP contribution in [0.15, 0.2) is 83.8 Å². The minimum absolute atomic E-state index is 0.0456. The van der Waals surface area contributed by atoms with Crippen molar-refractivity contribution in [2.24, 2.45) is 0 Å². The van der Waals surface area contributed by atoms with E-state index < -0.39 is 0 Å². The van der Waals surface area contributed by atoms with Gasteiger partial charge in [-0.25, -0.2) is 0 Å². The zero-order chi connectivity index (χ0) is 18.9. The summed E-state index contributed by atoms with van der Waals surface area (Å²) in [5, 5.41) is 11.7. The number of para-hydroxylation sites is 1. The van der Waals surface area contributed by atoms with E-state index in [1.807, 2.05) is 66.7 Å². The fraction of sp³-hybridized carbons (Fsp3) is 0.130. The average molecular weight is 372 g/mol. The molecule has 0 radical (unpaired) electrons. The summed E-state index contributed by atoms with van der Waals surface area (Å²) in [7, 11) is 0. The van der Waals surface area contributed by atoms with Gasteiger partial charge in [0.15, 0.2) is 0 Å². The molecule has 3 nitrogen and oxygen atoms in total. The summed E-state index contributed by atoms with van der Waals surface area (Å²) in [4.78, 5) is 13.4. The molecule has 0 aliphatic rings. The van der Waals surface area contributed by atoms with Crippen LogP contribution in [0.4, 0.5) is 5.69 Å². The van der Waals surface area contributed by atoms with Crippen molar-refractivity contribution >= 4 is 23.4 Å². The van der Waals surface area contributed by atoms with Gasteiger partial charge in [0.05, 0.1) is 18.2 Å². The van der Waals surface area contributed by atoms with Crippen LogP contribution in [0.1, 0.15) is 12.0 Å². The molecule has 0 bridgehead atoms. The van der Waals surface area contributed by atoms with Gasteiger partial charge in [-0.2, -0.15) is 5.26 Å². The lowest BCUT2D eigenvalue weighted by molar-refractivity contribution is -0.115. The third kappa shape index (κ3) is 5.47. The van der Waals surface area contributed by atoms with Crippen LogP contribution in [0.25, 0.3) is 11.1 Å². The van der Waals surface area contributed by atoms with E-state index in [2.05, 4.69) is 23.5 Å². The number of carbonyl (C=O) groups is 1. The molecular formula is C23H20N2OS. The van der Waals surface area contributed by atoms with Crippen LogP contribution in [0, 0.1) is 11.3 Å². The first-order valence-corrected chi connectivity index (χ1v) is 9.78. The second-order valence-electron chi connectivity index (χ2n) is 6.04. The zero-order valence-electron chi connectivity index (χ0n) is 14.9. The molecule has 0 saturated heterocycles. The highest BCUT2D eigenvalue weighted by molar-refractivity contribution is 7.99. The summed E-state index contributed by atoms with van der Waals surface area (Å²) >= 11 is 1.58. The molecule has 0 fully saturated rings. The van der Waals surface area contributed by atoms with Crippen LogP contribution >= 0.6 is 11.8 Å². The lowest BCUT2D eigenvalue weighted by atomic mass is 10.0. The molecule has 0 saturated carbocycles. The maximum Gasteiger partial charge on any atom is 0.228 e. The Hall–Kier alpha value is -3.03. The van der Waals surface area contributed by atoms with Gasteiger partial charge in [-0.15, -0.1) is 11.8 Å². The molecule has 0 spiro atoms. The number of nitriles is 1. The van der Waals surface area contributed by atoms with E-state index in [-0.39, 0.29) is 5.91 Å². The normalized spacial score (nSPS) is 10.2. The highest BCUT2D eigenvalue weighted by atomic mass is 32.2. The molecule has 27 heavy (non-hydrogen) atoms. The topological polar surface area (TPSA) is 52.9 Å². The van der Waals surface area contributed by atoms with Crippen molar-refractivity contribution < 1.29 is 4.79 Å². The van der Waals surface area contributed by atoms with Gasteiger partial charge in [-0.3, -0.25) is 4.79 Å². The largest absolute Gasteiger partial charge is 0.325 e. The predicted octanol–water partition coefficient (Wildman–Crippen LogP) is 5.54. The van der Waals surface area contributed by atoms with Crippen molar-refractivity contribution in [3.05, 3.63) is 84.4 Å². The van der Waals surface area contributed by atoms with Gasteiger partial charge in [0, 0.05) is 17.1 Å². The number of nitrogens with one attached hydrogen (secondary N) is 1. The molecule has 3 aromatic rings. The summed E-state index contributed by atoms with van der Waals surface area (Å²) in [6.45, 7) is 0. The monoisotopic (exact) mass is 372 g/mol. The van der Waals surface area contributed by atoms with Gasteiger partial charge >= 0.3 is 0 Å². The zero-order valence-corrected chi connectivity index (χ0v) is 15.7. The third-order valence-electron chi connectivity index (χ3n) is 4.06. The van der Waals surface area contributed by atoms with Gasteiger partial charge in [0.25, 0.3) is 0 Å². The van der Waals surface area contributed by atoms with Crippen molar-refractivity contribution in [3.63, 3.8) is 0 Å². The Labute approximate surface area is 164 Å². The third-order valence-corrected chi connectivity index (χ3v) is 5.13. The molecule has 1 N–H and O–H groups in total. The van der Waals surface area contributed by atoms with Crippen LogP contribution in [0.5, 0.6) is 0 Å². The number of anilines is 1. The van der Waals surface area contributed by atoms with E-state index in [0.717, 1.165) is 27.3 Å². The fourth-order valence-corrected chi connectivity index (χ4v) is 3.59. The molecule has 3 aromatic carbocycles. The minimum atomic E-state index is -0.0456. The second-order valence-corrected chi connectivity index (χ2v) is 7.18. The Morgan fingerprint density at radius 1 is 0.889 bits per heavy atom. The van der Waals surface area contributed by atoms with Crippen LogP contribution in [0.2, 0.25) is 0 Å². The highest BCUT2D eigenvalue weighted by Crippen LogP contribution is 2.27. The van der Waals surface area contributed by atoms with E-state index in [4.69, 9.17) is 5.26 Å². The molecule has 4 heteroatoms. The number of benzene rings is 3. The molecule has 0 aliphatic carbocycles. The lowest BCUT2D eigenvalue weighted by Crippen LogP contribution is -2.14. The van der Waals surface area contributed by atoms with Crippen LogP contribution in [0.3, 0.4) is 0 Å². The lowest BCUT2D eigenvalue weighted by Gasteiger charge is -2.10. The molecule has 134 valence electrons. The molecule has 0 aromatic heterocycles. The van der Waals surface area contributed by atoms with Gasteiger partial charge in [-0.05, 0) is 28.8 Å². The molecule has 0 aliphatic heterocycles. The second kappa shape index (κ2) is 9.61. The van der Waals surface area contributed by atoms with Crippen LogP contribution in [-0.4, -0.2) is 11.7 Å². The number of amides is 1. The van der Waals surface area contributed by atoms with Gasteiger partial charge in [-0.1, -0.05) is 66.7 Å². The Morgan fingerprint density at radius 2 is 1.56 bits per heavy atom. The maximum absolute atomic E-state index is 12.4. The molecule has 0 unspecified atom stereocenters. The van der Waals surface area contributed by atoms with Crippen molar-refractivity contribution in [3.8, 4) is 17.2 Å². The van der Waals surface area contributed by atoms with Gasteiger partial charge in [0.2, 0.25) is 5.91 Å². The standard InChI is InChI=1S/C23H20N2OS/c24-15-6-16-27-22-10-5-4-9-21(22)25-23(26)17-18-11-13-20(14-12-18)19-7-2-1-3-8-19/h1-5,7-14H,6,16-17H2,(H,25,26). The summed E-state index contributed by atoms with van der Waals surface area (Å²) in [6, 6.07) is 28.1. The first-order valence-electron chi connectivity index (χ1n) is 8.79. The number of hydrogen-bond donors (Lipinski definition) is 1. The Morgan fingerprint density at radius 3 is 2.30 bits per heavy atom. The fourth-order valence-electron chi connectivity index (χ4n) is 2.73.